The molecule has 1 aliphatic carbocycles. The molecule has 0 saturated carbocycles. The van der Waals surface area contributed by atoms with E-state index in [9.17, 15) is 0 Å². The van der Waals surface area contributed by atoms with Crippen molar-refractivity contribution in [2.75, 3.05) is 0 Å². The van der Waals surface area contributed by atoms with Gasteiger partial charge in [-0.3, -0.25) is 0 Å². The standard InChI is InChI=1S/C10H15.C3H7.Y/c1-6-7(2)9(4)10(5)8(6)3;1-3-2;/h6H,1H2,2-5H3;3H,1-2H3;/q2*-1;+3. The summed E-state index contributed by atoms with van der Waals surface area (Å²) in [6, 6.07) is 0. The van der Waals surface area contributed by atoms with Crippen molar-refractivity contribution in [2.24, 2.45) is 5.92 Å². The number of hydrogen-bond acceptors (Lipinski definition) is 0. The van der Waals surface area contributed by atoms with Gasteiger partial charge in [-0.1, -0.05) is 22.3 Å². The Morgan fingerprint density at radius 3 is 1.21 bits per heavy atom. The van der Waals surface area contributed by atoms with Crippen LogP contribution in [0.5, 0.6) is 0 Å². The Kier molecular flexibility index (Phi) is 9.49. The molecule has 0 aliphatic heterocycles. The van der Waals surface area contributed by atoms with E-state index in [0.717, 1.165) is 0 Å². The molecule has 1 heteroatoms. The van der Waals surface area contributed by atoms with Gasteiger partial charge in [0.1, 0.15) is 0 Å². The van der Waals surface area contributed by atoms with Crippen LogP contribution in [0.4, 0.5) is 0 Å². The van der Waals surface area contributed by atoms with E-state index < -0.39 is 0 Å². The SMILES string of the molecule is C[CH-]C.[CH2-]C1C(C)=C(C)C(C)=C1C.[Y+3]. The maximum atomic E-state index is 4.08. The minimum absolute atomic E-state index is 0. The summed E-state index contributed by atoms with van der Waals surface area (Å²) in [7, 11) is 0. The Bertz CT molecular complexity index is 210. The normalized spacial score (nSPS) is 16.5. The molecule has 0 radical (unpaired) electrons. The van der Waals surface area contributed by atoms with Crippen molar-refractivity contribution in [1.82, 2.24) is 0 Å². The van der Waals surface area contributed by atoms with E-state index in [4.69, 9.17) is 0 Å². The average molecular weight is 267 g/mol. The zero-order chi connectivity index (χ0) is 10.6. The molecule has 0 spiro atoms. The van der Waals surface area contributed by atoms with Crippen molar-refractivity contribution in [1.29, 1.82) is 0 Å². The predicted molar refractivity (Wildman–Crippen MR) is 61.2 cm³/mol. The molecule has 0 aromatic rings. The summed E-state index contributed by atoms with van der Waals surface area (Å²) in [4.78, 5) is 0. The van der Waals surface area contributed by atoms with Crippen molar-refractivity contribution < 1.29 is 32.7 Å². The quantitative estimate of drug-likeness (QED) is 0.572. The van der Waals surface area contributed by atoms with Gasteiger partial charge in [-0.15, -0.1) is 5.92 Å². The van der Waals surface area contributed by atoms with Crippen LogP contribution in [0.3, 0.4) is 0 Å². The Morgan fingerprint density at radius 2 is 1.14 bits per heavy atom. The predicted octanol–water partition coefficient (Wildman–Crippen LogP) is 4.35. The fourth-order valence-corrected chi connectivity index (χ4v) is 1.44. The van der Waals surface area contributed by atoms with Crippen LogP contribution >= 0.6 is 0 Å². The molecule has 1 aliphatic rings. The number of rotatable bonds is 0. The van der Waals surface area contributed by atoms with Crippen molar-refractivity contribution in [3.05, 3.63) is 35.6 Å². The van der Waals surface area contributed by atoms with Crippen LogP contribution in [0.1, 0.15) is 41.5 Å². The summed E-state index contributed by atoms with van der Waals surface area (Å²) in [6.07, 6.45) is 2.00. The Balaban J connectivity index is 0. The molecule has 0 N–H and O–H groups in total. The maximum Gasteiger partial charge on any atom is 3.00 e. The maximum absolute atomic E-state index is 4.08. The fourth-order valence-electron chi connectivity index (χ4n) is 1.44. The van der Waals surface area contributed by atoms with Crippen LogP contribution < -0.4 is 0 Å². The molecule has 0 amide bonds. The van der Waals surface area contributed by atoms with Crippen LogP contribution in [0.2, 0.25) is 0 Å². The van der Waals surface area contributed by atoms with Crippen LogP contribution in [-0.4, -0.2) is 0 Å². The Labute approximate surface area is 115 Å². The van der Waals surface area contributed by atoms with Gasteiger partial charge >= 0.3 is 32.7 Å². The second-order valence-electron chi connectivity index (χ2n) is 3.75. The Morgan fingerprint density at radius 1 is 0.929 bits per heavy atom. The van der Waals surface area contributed by atoms with Gasteiger partial charge in [0.2, 0.25) is 0 Å². The molecule has 0 nitrogen and oxygen atoms in total. The first kappa shape index (κ1) is 17.0. The third-order valence-electron chi connectivity index (χ3n) is 2.79. The molecule has 1 rings (SSSR count). The monoisotopic (exact) mass is 267 g/mol. The van der Waals surface area contributed by atoms with Crippen LogP contribution in [0, 0.1) is 19.3 Å². The van der Waals surface area contributed by atoms with Gasteiger partial charge in [0.05, 0.1) is 0 Å². The zero-order valence-electron chi connectivity index (χ0n) is 10.4. The minimum atomic E-state index is 0. The second kappa shape index (κ2) is 7.82. The van der Waals surface area contributed by atoms with E-state index in [1.165, 1.54) is 22.3 Å². The van der Waals surface area contributed by atoms with Gasteiger partial charge in [-0.2, -0.15) is 13.8 Å². The van der Waals surface area contributed by atoms with E-state index in [1.54, 1.807) is 0 Å². The smallest absolute Gasteiger partial charge is 0.335 e. The van der Waals surface area contributed by atoms with Crippen molar-refractivity contribution in [3.8, 4) is 0 Å². The van der Waals surface area contributed by atoms with Crippen LogP contribution in [0.25, 0.3) is 0 Å². The molecule has 0 unspecified atom stereocenters. The summed E-state index contributed by atoms with van der Waals surface area (Å²) in [6.45, 7) is 16.8. The largest absolute Gasteiger partial charge is 3.00 e. The fraction of sp³-hybridized carbons (Fsp3) is 0.538. The van der Waals surface area contributed by atoms with E-state index >= 15 is 0 Å². The summed E-state index contributed by atoms with van der Waals surface area (Å²) in [5.41, 5.74) is 5.76. The first-order valence-electron chi connectivity index (χ1n) is 4.89. The molecule has 0 heterocycles. The summed E-state index contributed by atoms with van der Waals surface area (Å²) in [5.74, 6) is 0.444. The van der Waals surface area contributed by atoms with E-state index in [1.807, 2.05) is 20.3 Å². The summed E-state index contributed by atoms with van der Waals surface area (Å²) >= 11 is 0. The summed E-state index contributed by atoms with van der Waals surface area (Å²) < 4.78 is 0. The molecule has 0 fully saturated rings. The van der Waals surface area contributed by atoms with Gasteiger partial charge in [-0.05, 0) is 27.7 Å². The van der Waals surface area contributed by atoms with Gasteiger partial charge in [-0.25, -0.2) is 0 Å². The number of allylic oxidation sites excluding steroid dienone is 4. The van der Waals surface area contributed by atoms with Crippen molar-refractivity contribution >= 4 is 0 Å². The molecule has 0 aromatic heterocycles. The number of hydrogen-bond donors (Lipinski definition) is 0. The van der Waals surface area contributed by atoms with Crippen LogP contribution in [-0.2, 0) is 32.7 Å². The molecule has 0 bridgehead atoms. The van der Waals surface area contributed by atoms with Gasteiger partial charge in [0, 0.05) is 0 Å². The minimum Gasteiger partial charge on any atom is -0.335 e. The molecule has 0 aromatic carbocycles. The molecule has 0 atom stereocenters. The van der Waals surface area contributed by atoms with Crippen LogP contribution in [0.15, 0.2) is 22.3 Å². The molecule has 0 saturated heterocycles. The van der Waals surface area contributed by atoms with E-state index in [-0.39, 0.29) is 32.7 Å². The topological polar surface area (TPSA) is 0 Å². The zero-order valence-corrected chi connectivity index (χ0v) is 13.3. The third kappa shape index (κ3) is 3.99. The van der Waals surface area contributed by atoms with Crippen molar-refractivity contribution in [3.63, 3.8) is 0 Å². The Hall–Kier alpha value is 0.584. The second-order valence-corrected chi connectivity index (χ2v) is 3.75. The van der Waals surface area contributed by atoms with Gasteiger partial charge in [0.25, 0.3) is 0 Å². The van der Waals surface area contributed by atoms with Gasteiger partial charge in [0.15, 0.2) is 0 Å². The van der Waals surface area contributed by atoms with E-state index in [2.05, 4.69) is 34.6 Å². The molecule has 76 valence electrons. The molecular formula is C13H22Y+. The first-order chi connectivity index (χ1) is 5.97. The average Bonchev–Trinajstić information content (AvgIpc) is 2.25. The van der Waals surface area contributed by atoms with Crippen molar-refractivity contribution in [2.45, 2.75) is 41.5 Å². The van der Waals surface area contributed by atoms with Gasteiger partial charge < -0.3 is 13.3 Å². The summed E-state index contributed by atoms with van der Waals surface area (Å²) in [5, 5.41) is 0. The van der Waals surface area contributed by atoms with E-state index in [0.29, 0.717) is 5.92 Å². The first-order valence-corrected chi connectivity index (χ1v) is 4.89. The molecular weight excluding hydrogens is 245 g/mol. The molecule has 14 heavy (non-hydrogen) atoms. The third-order valence-corrected chi connectivity index (χ3v) is 2.79.